The van der Waals surface area contributed by atoms with Crippen molar-refractivity contribution in [3.05, 3.63) is 22.7 Å². The van der Waals surface area contributed by atoms with E-state index in [1.807, 2.05) is 0 Å². The quantitative estimate of drug-likeness (QED) is 0.366. The maximum atomic E-state index is 11.8. The molecule has 130 valence electrons. The van der Waals surface area contributed by atoms with Crippen LogP contribution in [-0.2, 0) is 25.5 Å². The molecule has 2 N–H and O–H groups in total. The van der Waals surface area contributed by atoms with Gasteiger partial charge in [0.05, 0.1) is 25.7 Å². The topological polar surface area (TPSA) is 106 Å². The summed E-state index contributed by atoms with van der Waals surface area (Å²) in [6.45, 7) is 4.90. The van der Waals surface area contributed by atoms with Gasteiger partial charge in [0, 0.05) is 12.8 Å². The van der Waals surface area contributed by atoms with Crippen LogP contribution in [0.5, 0.6) is 0 Å². The van der Waals surface area contributed by atoms with Crippen molar-refractivity contribution in [2.75, 3.05) is 25.7 Å². The second kappa shape index (κ2) is 10.7. The zero-order valence-corrected chi connectivity index (χ0v) is 13.7. The summed E-state index contributed by atoms with van der Waals surface area (Å²) in [6, 6.07) is 1.51. The summed E-state index contributed by atoms with van der Waals surface area (Å²) in [7, 11) is 0. The van der Waals surface area contributed by atoms with Crippen molar-refractivity contribution in [1.29, 1.82) is 0 Å². The molecule has 0 aromatic carbocycles. The Kier molecular flexibility index (Phi) is 8.93. The number of rotatable bonds is 11. The van der Waals surface area contributed by atoms with Crippen LogP contribution in [0.25, 0.3) is 0 Å². The molecule has 0 aliphatic rings. The van der Waals surface area contributed by atoms with Crippen LogP contribution in [0.3, 0.4) is 0 Å². The Hall–Kier alpha value is -1.93. The number of aromatic nitrogens is 2. The first-order valence-corrected chi connectivity index (χ1v) is 7.74. The summed E-state index contributed by atoms with van der Waals surface area (Å²) in [5.74, 6) is -0.237. The molecule has 23 heavy (non-hydrogen) atoms. The second-order valence-electron chi connectivity index (χ2n) is 4.96. The highest BCUT2D eigenvalue weighted by Gasteiger charge is 2.17. The maximum Gasteiger partial charge on any atom is 0.349 e. The third-order valence-corrected chi connectivity index (χ3v) is 3.02. The molecule has 1 rings (SSSR count). The van der Waals surface area contributed by atoms with Crippen molar-refractivity contribution < 1.29 is 19.0 Å². The molecule has 0 spiro atoms. The first kappa shape index (κ1) is 19.1. The van der Waals surface area contributed by atoms with Gasteiger partial charge in [-0.1, -0.05) is 13.3 Å². The van der Waals surface area contributed by atoms with Crippen LogP contribution in [0.4, 0.5) is 5.82 Å². The van der Waals surface area contributed by atoms with Gasteiger partial charge in [-0.3, -0.25) is 9.36 Å². The highest BCUT2D eigenvalue weighted by molar-refractivity contribution is 5.69. The van der Waals surface area contributed by atoms with Crippen LogP contribution in [0.15, 0.2) is 17.1 Å². The lowest BCUT2D eigenvalue weighted by Crippen LogP contribution is -2.32. The van der Waals surface area contributed by atoms with E-state index >= 15 is 0 Å². The van der Waals surface area contributed by atoms with E-state index in [2.05, 4.69) is 11.9 Å². The fourth-order valence-electron chi connectivity index (χ4n) is 1.83. The van der Waals surface area contributed by atoms with Gasteiger partial charge in [-0.05, 0) is 19.4 Å². The van der Waals surface area contributed by atoms with Crippen molar-refractivity contribution in [3.8, 4) is 0 Å². The van der Waals surface area contributed by atoms with E-state index in [-0.39, 0.29) is 31.5 Å². The van der Waals surface area contributed by atoms with Crippen LogP contribution < -0.4 is 11.4 Å². The van der Waals surface area contributed by atoms with E-state index in [0.717, 1.165) is 12.8 Å². The SMILES string of the molecule is CCCCOCO[C@@H](CC(=O)OCC)Cn1ccc(N)nc1=O. The third kappa shape index (κ3) is 7.75. The molecule has 0 fully saturated rings. The molecule has 1 aromatic rings. The Morgan fingerprint density at radius 2 is 2.22 bits per heavy atom. The van der Waals surface area contributed by atoms with Gasteiger partial charge >= 0.3 is 11.7 Å². The van der Waals surface area contributed by atoms with E-state index in [0.29, 0.717) is 13.2 Å². The van der Waals surface area contributed by atoms with E-state index in [1.165, 1.54) is 16.8 Å². The number of nitrogen functional groups attached to an aromatic ring is 1. The van der Waals surface area contributed by atoms with Crippen molar-refractivity contribution in [3.63, 3.8) is 0 Å². The molecule has 8 nitrogen and oxygen atoms in total. The fraction of sp³-hybridized carbons (Fsp3) is 0.667. The largest absolute Gasteiger partial charge is 0.466 e. The Balaban J connectivity index is 2.62. The van der Waals surface area contributed by atoms with Crippen LogP contribution in [0.2, 0.25) is 0 Å². The molecule has 0 aliphatic heterocycles. The van der Waals surface area contributed by atoms with E-state index in [9.17, 15) is 9.59 Å². The molecular weight excluding hydrogens is 302 g/mol. The summed E-state index contributed by atoms with van der Waals surface area (Å²) in [5, 5.41) is 0. The first-order chi connectivity index (χ1) is 11.1. The van der Waals surface area contributed by atoms with Gasteiger partial charge in [0.25, 0.3) is 0 Å². The molecule has 1 aromatic heterocycles. The Bertz CT molecular complexity index is 532. The molecule has 1 heterocycles. The van der Waals surface area contributed by atoms with Crippen LogP contribution in [-0.4, -0.2) is 41.6 Å². The highest BCUT2D eigenvalue weighted by Crippen LogP contribution is 2.05. The molecule has 0 bridgehead atoms. The molecule has 0 amide bonds. The zero-order valence-electron chi connectivity index (χ0n) is 13.7. The number of unbranched alkanes of at least 4 members (excludes halogenated alkanes) is 1. The van der Waals surface area contributed by atoms with Gasteiger partial charge in [-0.15, -0.1) is 0 Å². The summed E-state index contributed by atoms with van der Waals surface area (Å²) in [5.41, 5.74) is 4.96. The second-order valence-corrected chi connectivity index (χ2v) is 4.96. The maximum absolute atomic E-state index is 11.8. The molecule has 0 saturated heterocycles. The van der Waals surface area contributed by atoms with Crippen LogP contribution in [0, 0.1) is 0 Å². The molecule has 0 saturated carbocycles. The number of nitrogens with two attached hydrogens (primary N) is 1. The fourth-order valence-corrected chi connectivity index (χ4v) is 1.83. The normalized spacial score (nSPS) is 12.1. The van der Waals surface area contributed by atoms with Gasteiger partial charge in [0.1, 0.15) is 12.6 Å². The zero-order chi connectivity index (χ0) is 17.1. The number of anilines is 1. The average Bonchev–Trinajstić information content (AvgIpc) is 2.50. The number of carbonyl (C=O) groups is 1. The monoisotopic (exact) mass is 327 g/mol. The highest BCUT2D eigenvalue weighted by atomic mass is 16.7. The number of ether oxygens (including phenoxy) is 3. The van der Waals surface area contributed by atoms with Gasteiger partial charge in [-0.25, -0.2) is 4.79 Å². The number of hydrogen-bond donors (Lipinski definition) is 1. The predicted octanol–water partition coefficient (Wildman–Crippen LogP) is 0.938. The molecule has 1 atom stereocenters. The molecule has 0 radical (unpaired) electrons. The minimum atomic E-state index is -0.543. The van der Waals surface area contributed by atoms with E-state index in [4.69, 9.17) is 19.9 Å². The molecule has 0 aliphatic carbocycles. The summed E-state index contributed by atoms with van der Waals surface area (Å²) in [6.07, 6.45) is 2.97. The summed E-state index contributed by atoms with van der Waals surface area (Å²) >= 11 is 0. The Morgan fingerprint density at radius 3 is 2.87 bits per heavy atom. The van der Waals surface area contributed by atoms with Crippen LogP contribution in [0.1, 0.15) is 33.1 Å². The Labute approximate surface area is 135 Å². The van der Waals surface area contributed by atoms with Crippen molar-refractivity contribution in [2.45, 2.75) is 45.8 Å². The molecule has 0 unspecified atom stereocenters. The van der Waals surface area contributed by atoms with Crippen molar-refractivity contribution in [2.24, 2.45) is 0 Å². The van der Waals surface area contributed by atoms with Gasteiger partial charge in [0.2, 0.25) is 0 Å². The average molecular weight is 327 g/mol. The van der Waals surface area contributed by atoms with Crippen LogP contribution >= 0.6 is 0 Å². The lowest BCUT2D eigenvalue weighted by molar-refractivity contribution is -0.150. The van der Waals surface area contributed by atoms with Crippen molar-refractivity contribution >= 4 is 11.8 Å². The minimum absolute atomic E-state index is 0.0296. The van der Waals surface area contributed by atoms with Crippen molar-refractivity contribution in [1.82, 2.24) is 9.55 Å². The van der Waals surface area contributed by atoms with E-state index < -0.39 is 11.8 Å². The molecule has 8 heteroatoms. The van der Waals surface area contributed by atoms with Gasteiger partial charge < -0.3 is 19.9 Å². The summed E-state index contributed by atoms with van der Waals surface area (Å²) < 4.78 is 17.1. The van der Waals surface area contributed by atoms with Gasteiger partial charge in [0.15, 0.2) is 0 Å². The summed E-state index contributed by atoms with van der Waals surface area (Å²) in [4.78, 5) is 27.1. The lowest BCUT2D eigenvalue weighted by atomic mass is 10.2. The number of esters is 1. The number of nitrogens with zero attached hydrogens (tertiary/aromatic N) is 2. The minimum Gasteiger partial charge on any atom is -0.466 e. The number of carbonyl (C=O) groups excluding carboxylic acids is 1. The predicted molar refractivity (Wildman–Crippen MR) is 84.8 cm³/mol. The Morgan fingerprint density at radius 1 is 1.43 bits per heavy atom. The smallest absolute Gasteiger partial charge is 0.349 e. The lowest BCUT2D eigenvalue weighted by Gasteiger charge is -2.18. The van der Waals surface area contributed by atoms with Gasteiger partial charge in [-0.2, -0.15) is 4.98 Å². The standard InChI is InChI=1S/C15H25N3O5/c1-3-5-8-21-11-23-12(9-14(19)22-4-2)10-18-7-6-13(16)17-15(18)20/h6-7,12H,3-5,8-11H2,1-2H3,(H2,16,17,20)/t12-/m0/s1. The van der Waals surface area contributed by atoms with E-state index in [1.54, 1.807) is 6.92 Å². The first-order valence-electron chi connectivity index (χ1n) is 7.74. The molecular formula is C15H25N3O5. The number of hydrogen-bond acceptors (Lipinski definition) is 7. The third-order valence-electron chi connectivity index (χ3n) is 3.02.